The van der Waals surface area contributed by atoms with Crippen LogP contribution in [0, 0.1) is 17.0 Å². The van der Waals surface area contributed by atoms with Gasteiger partial charge in [-0.25, -0.2) is 4.98 Å². The van der Waals surface area contributed by atoms with Crippen LogP contribution in [-0.4, -0.2) is 26.7 Å². The molecule has 0 aliphatic carbocycles. The molecule has 3 heterocycles. The van der Waals surface area contributed by atoms with Gasteiger partial charge < -0.3 is 9.52 Å². The predicted molar refractivity (Wildman–Crippen MR) is 130 cm³/mol. The Morgan fingerprint density at radius 3 is 2.71 bits per heavy atom. The summed E-state index contributed by atoms with van der Waals surface area (Å²) < 4.78 is 6.29. The maximum Gasteiger partial charge on any atom is 0.296 e. The van der Waals surface area contributed by atoms with E-state index in [2.05, 4.69) is 4.98 Å². The molecule has 2 aromatic carbocycles. The lowest BCUT2D eigenvalue weighted by Gasteiger charge is -2.24. The maximum atomic E-state index is 13.4. The predicted octanol–water partition coefficient (Wildman–Crippen LogP) is 5.45. The standard InChI is InChI=1S/C25H19N3O6S/c1-3-14-8-9-17-19(11-14)35-25(26-17)27-21(15-5-4-6-16(12-15)28(32)33)20(23(30)24(27)31)22(29)18-10-7-13(2)34-18/h4-12,21,30H,3H2,1-2H3. The SMILES string of the molecule is CCc1ccc2nc(N3C(=O)C(O)=C(C(=O)c4ccc(C)o4)C3c3cccc([N+](=O)[O-])c3)sc2c1. The molecule has 0 fully saturated rings. The smallest absolute Gasteiger partial charge is 0.296 e. The highest BCUT2D eigenvalue weighted by Crippen LogP contribution is 2.44. The number of nitrogens with zero attached hydrogens (tertiary/aromatic N) is 3. The van der Waals surface area contributed by atoms with Crippen molar-refractivity contribution in [2.75, 3.05) is 4.90 Å². The Balaban J connectivity index is 1.69. The first-order valence-corrected chi connectivity index (χ1v) is 11.6. The number of amides is 1. The second-order valence-corrected chi connectivity index (χ2v) is 9.09. The van der Waals surface area contributed by atoms with E-state index < -0.39 is 28.4 Å². The van der Waals surface area contributed by atoms with Crippen LogP contribution in [0.5, 0.6) is 0 Å². The van der Waals surface area contributed by atoms with Crippen LogP contribution in [0.2, 0.25) is 0 Å². The van der Waals surface area contributed by atoms with Crippen LogP contribution >= 0.6 is 11.3 Å². The van der Waals surface area contributed by atoms with Gasteiger partial charge in [0.15, 0.2) is 16.7 Å². The number of nitro groups is 1. The van der Waals surface area contributed by atoms with Crippen LogP contribution < -0.4 is 4.90 Å². The Morgan fingerprint density at radius 2 is 2.03 bits per heavy atom. The fourth-order valence-corrected chi connectivity index (χ4v) is 5.18. The summed E-state index contributed by atoms with van der Waals surface area (Å²) in [6, 6.07) is 13.3. The summed E-state index contributed by atoms with van der Waals surface area (Å²) in [6.45, 7) is 3.70. The summed E-state index contributed by atoms with van der Waals surface area (Å²) >= 11 is 1.24. The third-order valence-corrected chi connectivity index (χ3v) is 6.89. The summed E-state index contributed by atoms with van der Waals surface area (Å²) in [5.41, 5.74) is 1.61. The molecule has 5 rings (SSSR count). The number of hydrogen-bond donors (Lipinski definition) is 1. The van der Waals surface area contributed by atoms with Gasteiger partial charge in [-0.15, -0.1) is 0 Å². The van der Waals surface area contributed by atoms with E-state index in [4.69, 9.17) is 4.42 Å². The normalized spacial score (nSPS) is 15.9. The third-order valence-electron chi connectivity index (χ3n) is 5.87. The Morgan fingerprint density at radius 1 is 1.23 bits per heavy atom. The van der Waals surface area contributed by atoms with Gasteiger partial charge in [0, 0.05) is 12.1 Å². The van der Waals surface area contributed by atoms with Gasteiger partial charge >= 0.3 is 0 Å². The maximum absolute atomic E-state index is 13.4. The van der Waals surface area contributed by atoms with E-state index in [1.807, 2.05) is 25.1 Å². The number of ketones is 1. The molecule has 10 heteroatoms. The zero-order chi connectivity index (χ0) is 24.9. The van der Waals surface area contributed by atoms with Crippen LogP contribution in [0.15, 0.2) is 70.3 Å². The highest BCUT2D eigenvalue weighted by Gasteiger charge is 2.46. The van der Waals surface area contributed by atoms with Gasteiger partial charge in [-0.1, -0.05) is 36.5 Å². The molecule has 0 bridgehead atoms. The number of non-ortho nitro benzene ring substituents is 1. The first kappa shape index (κ1) is 22.5. The van der Waals surface area contributed by atoms with Gasteiger partial charge in [-0.05, 0) is 48.7 Å². The lowest BCUT2D eigenvalue weighted by molar-refractivity contribution is -0.384. The van der Waals surface area contributed by atoms with E-state index in [0.29, 0.717) is 11.3 Å². The molecule has 1 aliphatic rings. The fourth-order valence-electron chi connectivity index (χ4n) is 4.13. The van der Waals surface area contributed by atoms with E-state index in [1.54, 1.807) is 19.1 Å². The van der Waals surface area contributed by atoms with Crippen molar-refractivity contribution in [2.24, 2.45) is 0 Å². The Bertz CT molecular complexity index is 1550. The molecule has 0 spiro atoms. The lowest BCUT2D eigenvalue weighted by atomic mass is 9.95. The zero-order valence-electron chi connectivity index (χ0n) is 18.7. The monoisotopic (exact) mass is 489 g/mol. The van der Waals surface area contributed by atoms with Crippen molar-refractivity contribution >= 4 is 44.1 Å². The van der Waals surface area contributed by atoms with Crippen LogP contribution in [0.3, 0.4) is 0 Å². The number of Topliss-reactive ketones (excluding diaryl/α,β-unsaturated/α-hetero) is 1. The average Bonchev–Trinajstić information content (AvgIpc) is 3.54. The number of aliphatic hydroxyl groups excluding tert-OH is 1. The Labute approximate surface area is 203 Å². The number of aromatic nitrogens is 1. The van der Waals surface area contributed by atoms with E-state index >= 15 is 0 Å². The number of furan rings is 1. The molecular weight excluding hydrogens is 470 g/mol. The van der Waals surface area contributed by atoms with Crippen LogP contribution in [0.25, 0.3) is 10.2 Å². The highest BCUT2D eigenvalue weighted by atomic mass is 32.1. The molecule has 1 N–H and O–H groups in total. The number of rotatable bonds is 6. The fraction of sp³-hybridized carbons (Fsp3) is 0.160. The van der Waals surface area contributed by atoms with Crippen molar-refractivity contribution in [1.82, 2.24) is 4.98 Å². The van der Waals surface area contributed by atoms with Gasteiger partial charge in [0.1, 0.15) is 5.76 Å². The number of aliphatic hydroxyl groups is 1. The lowest BCUT2D eigenvalue weighted by Crippen LogP contribution is -2.31. The Hall–Kier alpha value is -4.31. The third kappa shape index (κ3) is 3.77. The summed E-state index contributed by atoms with van der Waals surface area (Å²) in [7, 11) is 0. The number of thiazole rings is 1. The molecule has 176 valence electrons. The van der Waals surface area contributed by atoms with Crippen molar-refractivity contribution in [3.05, 3.63) is 98.7 Å². The van der Waals surface area contributed by atoms with Crippen molar-refractivity contribution in [3.8, 4) is 0 Å². The van der Waals surface area contributed by atoms with Gasteiger partial charge in [-0.2, -0.15) is 0 Å². The van der Waals surface area contributed by atoms with E-state index in [0.717, 1.165) is 16.7 Å². The molecule has 4 aromatic rings. The van der Waals surface area contributed by atoms with E-state index in [-0.39, 0.29) is 27.7 Å². The minimum absolute atomic E-state index is 0.0500. The van der Waals surface area contributed by atoms with Gasteiger partial charge in [0.25, 0.3) is 11.6 Å². The van der Waals surface area contributed by atoms with Crippen molar-refractivity contribution < 1.29 is 24.0 Å². The van der Waals surface area contributed by atoms with Crippen LogP contribution in [0.4, 0.5) is 10.8 Å². The number of hydrogen-bond acceptors (Lipinski definition) is 8. The molecule has 1 unspecified atom stereocenters. The molecule has 0 radical (unpaired) electrons. The quantitative estimate of drug-likeness (QED) is 0.217. The minimum Gasteiger partial charge on any atom is -0.503 e. The first-order valence-electron chi connectivity index (χ1n) is 10.8. The molecule has 9 nitrogen and oxygen atoms in total. The molecule has 0 saturated carbocycles. The molecule has 35 heavy (non-hydrogen) atoms. The van der Waals surface area contributed by atoms with Gasteiger partial charge in [0.2, 0.25) is 5.78 Å². The van der Waals surface area contributed by atoms with Crippen LogP contribution in [-0.2, 0) is 11.2 Å². The second kappa shape index (κ2) is 8.48. The molecule has 1 amide bonds. The summed E-state index contributed by atoms with van der Waals surface area (Å²) in [5, 5.41) is 22.6. The largest absolute Gasteiger partial charge is 0.503 e. The van der Waals surface area contributed by atoms with Crippen molar-refractivity contribution in [1.29, 1.82) is 0 Å². The number of fused-ring (bicyclic) bond motifs is 1. The number of nitro benzene ring substituents is 1. The molecule has 1 aliphatic heterocycles. The minimum atomic E-state index is -1.13. The van der Waals surface area contributed by atoms with Crippen molar-refractivity contribution in [3.63, 3.8) is 0 Å². The topological polar surface area (TPSA) is 127 Å². The summed E-state index contributed by atoms with van der Waals surface area (Å²) in [4.78, 5) is 43.4. The number of benzene rings is 2. The second-order valence-electron chi connectivity index (χ2n) is 8.08. The molecule has 1 atom stereocenters. The molecule has 0 saturated heterocycles. The van der Waals surface area contributed by atoms with Gasteiger partial charge in [0.05, 0.1) is 26.8 Å². The summed E-state index contributed by atoms with van der Waals surface area (Å²) in [6.07, 6.45) is 0.825. The number of aryl methyl sites for hydroxylation is 2. The van der Waals surface area contributed by atoms with Crippen LogP contribution in [0.1, 0.15) is 40.4 Å². The number of carbonyl (C=O) groups excluding carboxylic acids is 2. The first-order chi connectivity index (χ1) is 16.8. The molecule has 2 aromatic heterocycles. The van der Waals surface area contributed by atoms with E-state index in [1.165, 1.54) is 40.5 Å². The average molecular weight is 490 g/mol. The van der Waals surface area contributed by atoms with Gasteiger partial charge in [-0.3, -0.25) is 24.6 Å². The highest BCUT2D eigenvalue weighted by molar-refractivity contribution is 7.22. The zero-order valence-corrected chi connectivity index (χ0v) is 19.5. The Kier molecular flexibility index (Phi) is 5.45. The number of carbonyl (C=O) groups is 2. The summed E-state index contributed by atoms with van der Waals surface area (Å²) in [5.74, 6) is -1.81. The van der Waals surface area contributed by atoms with E-state index in [9.17, 15) is 24.8 Å². The number of anilines is 1. The molecular formula is C25H19N3O6S. The van der Waals surface area contributed by atoms with Crippen molar-refractivity contribution in [2.45, 2.75) is 26.3 Å².